The summed E-state index contributed by atoms with van der Waals surface area (Å²) < 4.78 is 27.3. The molecule has 2 nitrogen and oxygen atoms in total. The minimum Gasteiger partial charge on any atom is -0.481 e. The van der Waals surface area contributed by atoms with Crippen LogP contribution < -0.4 is 0 Å². The maximum Gasteiger partial charge on any atom is 0.303 e. The first-order valence-corrected chi connectivity index (χ1v) is 4.59. The van der Waals surface area contributed by atoms with Gasteiger partial charge in [-0.15, -0.1) is 0 Å². The number of halogens is 2. The highest BCUT2D eigenvalue weighted by molar-refractivity contribution is 5.67. The Morgan fingerprint density at radius 3 is 2.40 bits per heavy atom. The minimum absolute atomic E-state index is 0.140. The largest absolute Gasteiger partial charge is 0.481 e. The van der Waals surface area contributed by atoms with Gasteiger partial charge in [-0.25, -0.2) is 8.78 Å². The number of hydrogen-bond acceptors (Lipinski definition) is 1. The fraction of sp³-hybridized carbons (Fsp3) is 0.364. The zero-order chi connectivity index (χ0) is 11.5. The zero-order valence-corrected chi connectivity index (χ0v) is 8.28. The van der Waals surface area contributed by atoms with E-state index in [1.165, 1.54) is 31.2 Å². The third-order valence-electron chi connectivity index (χ3n) is 2.26. The van der Waals surface area contributed by atoms with E-state index in [4.69, 9.17) is 5.11 Å². The molecule has 1 atom stereocenters. The Hall–Kier alpha value is -1.45. The lowest BCUT2D eigenvalue weighted by molar-refractivity contribution is -0.143. The van der Waals surface area contributed by atoms with Crippen LogP contribution in [0.2, 0.25) is 0 Å². The number of alkyl halides is 2. The van der Waals surface area contributed by atoms with Crippen LogP contribution in [-0.4, -0.2) is 11.1 Å². The fourth-order valence-corrected chi connectivity index (χ4v) is 1.33. The van der Waals surface area contributed by atoms with Gasteiger partial charge in [0.1, 0.15) is 0 Å². The first-order chi connectivity index (χ1) is 6.94. The van der Waals surface area contributed by atoms with Gasteiger partial charge in [0.15, 0.2) is 0 Å². The van der Waals surface area contributed by atoms with Crippen molar-refractivity contribution in [3.8, 4) is 0 Å². The summed E-state index contributed by atoms with van der Waals surface area (Å²) in [6.45, 7) is 1.24. The molecule has 0 aromatic heterocycles. The van der Waals surface area contributed by atoms with Gasteiger partial charge in [-0.3, -0.25) is 4.79 Å². The molecule has 1 N–H and O–H groups in total. The number of rotatable bonds is 4. The SMILES string of the molecule is CC(CC(=O)O)C(F)(F)c1ccccc1. The molecular weight excluding hydrogens is 202 g/mol. The lowest BCUT2D eigenvalue weighted by atomic mass is 9.93. The molecule has 82 valence electrons. The summed E-state index contributed by atoms with van der Waals surface area (Å²) in [7, 11) is 0. The van der Waals surface area contributed by atoms with Gasteiger partial charge in [0.25, 0.3) is 5.92 Å². The van der Waals surface area contributed by atoms with Crippen LogP contribution in [0, 0.1) is 5.92 Å². The summed E-state index contributed by atoms with van der Waals surface area (Å²) >= 11 is 0. The van der Waals surface area contributed by atoms with Crippen LogP contribution in [0.4, 0.5) is 8.78 Å². The van der Waals surface area contributed by atoms with Gasteiger partial charge >= 0.3 is 5.97 Å². The van der Waals surface area contributed by atoms with Gasteiger partial charge in [0, 0.05) is 11.5 Å². The summed E-state index contributed by atoms with van der Waals surface area (Å²) in [4.78, 5) is 10.4. The summed E-state index contributed by atoms with van der Waals surface area (Å²) in [6.07, 6.45) is -0.540. The molecule has 0 aliphatic heterocycles. The molecule has 0 amide bonds. The van der Waals surface area contributed by atoms with Gasteiger partial charge in [0.2, 0.25) is 0 Å². The summed E-state index contributed by atoms with van der Waals surface area (Å²) in [5, 5.41) is 8.46. The third-order valence-corrected chi connectivity index (χ3v) is 2.26. The molecule has 0 aliphatic carbocycles. The molecule has 0 heterocycles. The van der Waals surface area contributed by atoms with Crippen molar-refractivity contribution >= 4 is 5.97 Å². The Morgan fingerprint density at radius 1 is 1.40 bits per heavy atom. The van der Waals surface area contributed by atoms with E-state index in [-0.39, 0.29) is 5.56 Å². The maximum absolute atomic E-state index is 13.6. The molecule has 0 aliphatic rings. The van der Waals surface area contributed by atoms with E-state index >= 15 is 0 Å². The second-order valence-corrected chi connectivity index (χ2v) is 3.49. The van der Waals surface area contributed by atoms with E-state index in [1.54, 1.807) is 6.07 Å². The molecule has 1 rings (SSSR count). The minimum atomic E-state index is -3.10. The van der Waals surface area contributed by atoms with E-state index < -0.39 is 24.2 Å². The van der Waals surface area contributed by atoms with E-state index in [0.717, 1.165) is 0 Å². The highest BCUT2D eigenvalue weighted by atomic mass is 19.3. The molecule has 0 bridgehead atoms. The first-order valence-electron chi connectivity index (χ1n) is 4.59. The Morgan fingerprint density at radius 2 is 1.93 bits per heavy atom. The van der Waals surface area contributed by atoms with Gasteiger partial charge in [-0.1, -0.05) is 37.3 Å². The lowest BCUT2D eigenvalue weighted by Gasteiger charge is -2.22. The van der Waals surface area contributed by atoms with Crippen molar-refractivity contribution in [2.75, 3.05) is 0 Å². The van der Waals surface area contributed by atoms with Crippen molar-refractivity contribution in [3.05, 3.63) is 35.9 Å². The predicted molar refractivity (Wildman–Crippen MR) is 51.8 cm³/mol. The third kappa shape index (κ3) is 2.75. The normalized spacial score (nSPS) is 13.5. The van der Waals surface area contributed by atoms with Crippen LogP contribution in [0.1, 0.15) is 18.9 Å². The molecule has 0 radical (unpaired) electrons. The summed E-state index contributed by atoms with van der Waals surface area (Å²) in [6, 6.07) is 7.27. The molecule has 1 aromatic rings. The van der Waals surface area contributed by atoms with E-state index in [0.29, 0.717) is 0 Å². The highest BCUT2D eigenvalue weighted by Crippen LogP contribution is 2.37. The van der Waals surface area contributed by atoms with Crippen LogP contribution in [-0.2, 0) is 10.7 Å². The second kappa shape index (κ2) is 4.38. The number of aliphatic carboxylic acids is 1. The summed E-state index contributed by atoms with van der Waals surface area (Å²) in [5.41, 5.74) is -0.140. The number of benzene rings is 1. The number of carboxylic acid groups (broad SMARTS) is 1. The lowest BCUT2D eigenvalue weighted by Crippen LogP contribution is -2.25. The molecule has 1 aromatic carbocycles. The predicted octanol–water partition coefficient (Wildman–Crippen LogP) is 2.89. The molecular formula is C11H12F2O2. The maximum atomic E-state index is 13.6. The van der Waals surface area contributed by atoms with Crippen LogP contribution in [0.5, 0.6) is 0 Å². The Labute approximate surface area is 86.5 Å². The standard InChI is InChI=1S/C11H12F2O2/c1-8(7-10(14)15)11(12,13)9-5-3-2-4-6-9/h2-6,8H,7H2,1H3,(H,14,15). The van der Waals surface area contributed by atoms with Crippen LogP contribution in [0.25, 0.3) is 0 Å². The number of hydrogen-bond donors (Lipinski definition) is 1. The second-order valence-electron chi connectivity index (χ2n) is 3.49. The molecule has 0 saturated carbocycles. The fourth-order valence-electron chi connectivity index (χ4n) is 1.33. The Bertz CT molecular complexity index is 336. The van der Waals surface area contributed by atoms with Crippen molar-refractivity contribution in [1.82, 2.24) is 0 Å². The molecule has 0 spiro atoms. The molecule has 0 saturated heterocycles. The van der Waals surface area contributed by atoms with Crippen molar-refractivity contribution in [3.63, 3.8) is 0 Å². The smallest absolute Gasteiger partial charge is 0.303 e. The summed E-state index contributed by atoms with van der Waals surface area (Å²) in [5.74, 6) is -5.52. The van der Waals surface area contributed by atoms with E-state index in [1.807, 2.05) is 0 Å². The average molecular weight is 214 g/mol. The zero-order valence-electron chi connectivity index (χ0n) is 8.28. The monoisotopic (exact) mass is 214 g/mol. The Balaban J connectivity index is 2.87. The van der Waals surface area contributed by atoms with Crippen LogP contribution in [0.3, 0.4) is 0 Å². The van der Waals surface area contributed by atoms with Crippen LogP contribution >= 0.6 is 0 Å². The van der Waals surface area contributed by atoms with Gasteiger partial charge in [-0.2, -0.15) is 0 Å². The molecule has 1 unspecified atom stereocenters. The molecule has 0 fully saturated rings. The van der Waals surface area contributed by atoms with Crippen molar-refractivity contribution in [2.24, 2.45) is 5.92 Å². The first kappa shape index (κ1) is 11.6. The number of carboxylic acids is 1. The highest BCUT2D eigenvalue weighted by Gasteiger charge is 2.39. The van der Waals surface area contributed by atoms with Crippen molar-refractivity contribution < 1.29 is 18.7 Å². The average Bonchev–Trinajstić information content (AvgIpc) is 2.18. The van der Waals surface area contributed by atoms with E-state index in [9.17, 15) is 13.6 Å². The van der Waals surface area contributed by atoms with E-state index in [2.05, 4.69) is 0 Å². The van der Waals surface area contributed by atoms with Crippen LogP contribution in [0.15, 0.2) is 30.3 Å². The number of carbonyl (C=O) groups is 1. The topological polar surface area (TPSA) is 37.3 Å². The quantitative estimate of drug-likeness (QED) is 0.836. The van der Waals surface area contributed by atoms with Gasteiger partial charge in [-0.05, 0) is 0 Å². The van der Waals surface area contributed by atoms with Gasteiger partial charge < -0.3 is 5.11 Å². The van der Waals surface area contributed by atoms with Crippen molar-refractivity contribution in [2.45, 2.75) is 19.3 Å². The molecule has 15 heavy (non-hydrogen) atoms. The van der Waals surface area contributed by atoms with Gasteiger partial charge in [0.05, 0.1) is 6.42 Å². The molecule has 4 heteroatoms. The van der Waals surface area contributed by atoms with Crippen molar-refractivity contribution in [1.29, 1.82) is 0 Å². The Kier molecular flexibility index (Phi) is 3.39.